The van der Waals surface area contributed by atoms with Crippen LogP contribution in [-0.2, 0) is 9.53 Å². The molecule has 2 atom stereocenters. The minimum Gasteiger partial charge on any atom is -0.465 e. The van der Waals surface area contributed by atoms with Crippen molar-refractivity contribution >= 4 is 5.97 Å². The summed E-state index contributed by atoms with van der Waals surface area (Å²) >= 11 is 0. The molecule has 3 heteroatoms. The molecule has 0 spiro atoms. The van der Waals surface area contributed by atoms with E-state index in [0.717, 1.165) is 12.8 Å². The fraction of sp³-hybridized carbons (Fsp3) is 0.562. The van der Waals surface area contributed by atoms with Crippen LogP contribution in [-0.4, -0.2) is 18.6 Å². The molecular weight excluding hydrogens is 238 g/mol. The molecule has 0 amide bonds. The van der Waals surface area contributed by atoms with Gasteiger partial charge in [0.1, 0.15) is 6.04 Å². The largest absolute Gasteiger partial charge is 0.465 e. The predicted molar refractivity (Wildman–Crippen MR) is 78.1 cm³/mol. The smallest absolute Gasteiger partial charge is 0.323 e. The van der Waals surface area contributed by atoms with Crippen molar-refractivity contribution in [2.75, 3.05) is 6.61 Å². The molecule has 1 rings (SSSR count). The third-order valence-corrected chi connectivity index (χ3v) is 3.14. The van der Waals surface area contributed by atoms with Crippen molar-refractivity contribution < 1.29 is 9.53 Å². The van der Waals surface area contributed by atoms with Gasteiger partial charge >= 0.3 is 5.97 Å². The molecule has 0 heterocycles. The van der Waals surface area contributed by atoms with E-state index in [0.29, 0.717) is 6.61 Å². The number of benzene rings is 1. The average molecular weight is 263 g/mol. The van der Waals surface area contributed by atoms with Gasteiger partial charge in [0.05, 0.1) is 6.61 Å². The lowest BCUT2D eigenvalue weighted by atomic mass is 10.0. The molecule has 1 aromatic rings. The van der Waals surface area contributed by atoms with Gasteiger partial charge in [-0.2, -0.15) is 0 Å². The molecule has 0 aliphatic rings. The van der Waals surface area contributed by atoms with E-state index in [-0.39, 0.29) is 18.1 Å². The van der Waals surface area contributed by atoms with E-state index in [1.54, 1.807) is 0 Å². The summed E-state index contributed by atoms with van der Waals surface area (Å²) in [5, 5.41) is 3.37. The van der Waals surface area contributed by atoms with Crippen LogP contribution < -0.4 is 5.32 Å². The molecule has 0 fully saturated rings. The van der Waals surface area contributed by atoms with Crippen molar-refractivity contribution in [2.45, 2.75) is 52.6 Å². The quantitative estimate of drug-likeness (QED) is 0.766. The third kappa shape index (κ3) is 5.03. The lowest BCUT2D eigenvalue weighted by Crippen LogP contribution is -2.39. The molecule has 0 saturated carbocycles. The Morgan fingerprint density at radius 3 is 2.68 bits per heavy atom. The summed E-state index contributed by atoms with van der Waals surface area (Å²) in [6.45, 7) is 8.50. The van der Waals surface area contributed by atoms with Crippen LogP contribution in [0.15, 0.2) is 24.3 Å². The van der Waals surface area contributed by atoms with E-state index in [2.05, 4.69) is 44.3 Å². The van der Waals surface area contributed by atoms with Crippen molar-refractivity contribution in [1.82, 2.24) is 5.32 Å². The van der Waals surface area contributed by atoms with Crippen LogP contribution in [0.2, 0.25) is 0 Å². The minimum absolute atomic E-state index is 0.140. The average Bonchev–Trinajstić information content (AvgIpc) is 2.38. The molecule has 106 valence electrons. The van der Waals surface area contributed by atoms with Gasteiger partial charge in [-0.1, -0.05) is 43.2 Å². The molecule has 0 aliphatic carbocycles. The molecule has 0 aromatic heterocycles. The predicted octanol–water partition coefficient (Wildman–Crippen LogP) is 3.38. The summed E-state index contributed by atoms with van der Waals surface area (Å²) in [6.07, 6.45) is 1.76. The summed E-state index contributed by atoms with van der Waals surface area (Å²) in [6, 6.07) is 8.26. The van der Waals surface area contributed by atoms with E-state index in [4.69, 9.17) is 4.74 Å². The fourth-order valence-corrected chi connectivity index (χ4v) is 2.14. The van der Waals surface area contributed by atoms with Gasteiger partial charge < -0.3 is 4.74 Å². The number of ether oxygens (including phenoxy) is 1. The zero-order valence-corrected chi connectivity index (χ0v) is 12.4. The molecule has 1 aromatic carbocycles. The molecule has 0 radical (unpaired) electrons. The van der Waals surface area contributed by atoms with Crippen LogP contribution in [0.3, 0.4) is 0 Å². The van der Waals surface area contributed by atoms with Gasteiger partial charge in [-0.3, -0.25) is 10.1 Å². The number of carbonyl (C=O) groups excluding carboxylic acids is 1. The second kappa shape index (κ2) is 7.95. The number of rotatable bonds is 7. The van der Waals surface area contributed by atoms with Crippen LogP contribution >= 0.6 is 0 Å². The Morgan fingerprint density at radius 1 is 1.37 bits per heavy atom. The molecule has 0 aliphatic heterocycles. The lowest BCUT2D eigenvalue weighted by molar-refractivity contribution is -0.146. The van der Waals surface area contributed by atoms with Crippen LogP contribution in [0.25, 0.3) is 0 Å². The molecule has 3 nitrogen and oxygen atoms in total. The second-order valence-corrected chi connectivity index (χ2v) is 4.90. The maximum absolute atomic E-state index is 11.9. The molecule has 19 heavy (non-hydrogen) atoms. The Kier molecular flexibility index (Phi) is 6.57. The van der Waals surface area contributed by atoms with Crippen molar-refractivity contribution in [3.8, 4) is 0 Å². The Hall–Kier alpha value is -1.35. The first-order chi connectivity index (χ1) is 9.08. The summed E-state index contributed by atoms with van der Waals surface area (Å²) in [4.78, 5) is 11.9. The Balaban J connectivity index is 2.70. The molecule has 1 N–H and O–H groups in total. The fourth-order valence-electron chi connectivity index (χ4n) is 2.14. The highest BCUT2D eigenvalue weighted by Gasteiger charge is 2.21. The van der Waals surface area contributed by atoms with E-state index >= 15 is 0 Å². The van der Waals surface area contributed by atoms with Gasteiger partial charge in [-0.25, -0.2) is 0 Å². The van der Waals surface area contributed by atoms with Gasteiger partial charge in [0.25, 0.3) is 0 Å². The highest BCUT2D eigenvalue weighted by atomic mass is 16.5. The number of esters is 1. The Morgan fingerprint density at radius 2 is 2.11 bits per heavy atom. The summed E-state index contributed by atoms with van der Waals surface area (Å²) in [5.41, 5.74) is 2.43. The SMILES string of the molecule is CCCC(N[C@@H](C)c1cccc(C)c1)C(=O)OCC. The molecule has 1 unspecified atom stereocenters. The third-order valence-electron chi connectivity index (χ3n) is 3.14. The zero-order valence-electron chi connectivity index (χ0n) is 12.4. The topological polar surface area (TPSA) is 38.3 Å². The van der Waals surface area contributed by atoms with Gasteiger partial charge in [0, 0.05) is 6.04 Å². The molecule has 0 saturated heterocycles. The maximum atomic E-state index is 11.9. The lowest BCUT2D eigenvalue weighted by Gasteiger charge is -2.22. The highest BCUT2D eigenvalue weighted by molar-refractivity contribution is 5.75. The maximum Gasteiger partial charge on any atom is 0.323 e. The van der Waals surface area contributed by atoms with Crippen molar-refractivity contribution in [1.29, 1.82) is 0 Å². The summed E-state index contributed by atoms with van der Waals surface area (Å²) < 4.78 is 5.12. The van der Waals surface area contributed by atoms with Gasteiger partial charge in [-0.15, -0.1) is 0 Å². The minimum atomic E-state index is -0.222. The monoisotopic (exact) mass is 263 g/mol. The first-order valence-corrected chi connectivity index (χ1v) is 7.07. The molecule has 0 bridgehead atoms. The van der Waals surface area contributed by atoms with Crippen LogP contribution in [0.1, 0.15) is 50.8 Å². The van der Waals surface area contributed by atoms with Gasteiger partial charge in [0.15, 0.2) is 0 Å². The van der Waals surface area contributed by atoms with E-state index in [1.807, 2.05) is 13.0 Å². The first-order valence-electron chi connectivity index (χ1n) is 7.07. The number of nitrogens with one attached hydrogen (secondary N) is 1. The normalized spacial score (nSPS) is 13.9. The number of carbonyl (C=O) groups is 1. The molecular formula is C16H25NO2. The van der Waals surface area contributed by atoms with Crippen molar-refractivity contribution in [2.24, 2.45) is 0 Å². The van der Waals surface area contributed by atoms with E-state index in [1.165, 1.54) is 11.1 Å². The summed E-state index contributed by atoms with van der Waals surface area (Å²) in [7, 11) is 0. The second-order valence-electron chi connectivity index (χ2n) is 4.90. The standard InChI is InChI=1S/C16H25NO2/c1-5-8-15(16(18)19-6-2)17-13(4)14-10-7-9-12(3)11-14/h7,9-11,13,15,17H,5-6,8H2,1-4H3/t13-,15?/m0/s1. The Bertz CT molecular complexity index is 403. The van der Waals surface area contributed by atoms with Gasteiger partial charge in [-0.05, 0) is 32.8 Å². The number of aryl methyl sites for hydroxylation is 1. The Labute approximate surface area is 116 Å². The van der Waals surface area contributed by atoms with Crippen LogP contribution in [0, 0.1) is 6.92 Å². The summed E-state index contributed by atoms with van der Waals surface area (Å²) in [5.74, 6) is -0.149. The van der Waals surface area contributed by atoms with Crippen LogP contribution in [0.4, 0.5) is 0 Å². The van der Waals surface area contributed by atoms with E-state index < -0.39 is 0 Å². The van der Waals surface area contributed by atoms with Crippen LogP contribution in [0.5, 0.6) is 0 Å². The zero-order chi connectivity index (χ0) is 14.3. The van der Waals surface area contributed by atoms with E-state index in [9.17, 15) is 4.79 Å². The van der Waals surface area contributed by atoms with Crippen molar-refractivity contribution in [3.63, 3.8) is 0 Å². The number of hydrogen-bond donors (Lipinski definition) is 1. The van der Waals surface area contributed by atoms with Crippen molar-refractivity contribution in [3.05, 3.63) is 35.4 Å². The highest BCUT2D eigenvalue weighted by Crippen LogP contribution is 2.16. The first kappa shape index (κ1) is 15.7. The number of hydrogen-bond acceptors (Lipinski definition) is 3. The van der Waals surface area contributed by atoms with Gasteiger partial charge in [0.2, 0.25) is 0 Å².